The maximum absolute atomic E-state index is 13.9. The predicted octanol–water partition coefficient (Wildman–Crippen LogP) is 4.84. The molecule has 2 aromatic carbocycles. The maximum Gasteiger partial charge on any atom is 0.253 e. The third kappa shape index (κ3) is 4.51. The van der Waals surface area contributed by atoms with Crippen molar-refractivity contribution in [3.05, 3.63) is 62.8 Å². The minimum atomic E-state index is -0.476. The molecule has 3 rings (SSSR count). The van der Waals surface area contributed by atoms with Crippen LogP contribution in [0.5, 0.6) is 0 Å². The number of carbonyl (C=O) groups is 2. The van der Waals surface area contributed by atoms with Crippen molar-refractivity contribution in [3.8, 4) is 0 Å². The third-order valence-corrected chi connectivity index (χ3v) is 5.46. The standard InChI is InChI=1S/C19H17Br2FN2O2/c20-14-3-1-13(2-4-14)19(26)24-9-7-12(8-10-24)18(25)23-17-6-5-15(21)11-16(17)22/h1-6,11-12H,7-10H2,(H,23,25). The third-order valence-electron chi connectivity index (χ3n) is 4.43. The summed E-state index contributed by atoms with van der Waals surface area (Å²) in [6, 6.07) is 11.8. The summed E-state index contributed by atoms with van der Waals surface area (Å²) >= 11 is 6.54. The fraction of sp³-hybridized carbons (Fsp3) is 0.263. The minimum absolute atomic E-state index is 0.0321. The van der Waals surface area contributed by atoms with Gasteiger partial charge < -0.3 is 10.2 Å². The van der Waals surface area contributed by atoms with Crippen LogP contribution in [0.25, 0.3) is 0 Å². The van der Waals surface area contributed by atoms with E-state index < -0.39 is 5.82 Å². The molecule has 1 saturated heterocycles. The Morgan fingerprint density at radius 1 is 1.00 bits per heavy atom. The maximum atomic E-state index is 13.9. The summed E-state index contributed by atoms with van der Waals surface area (Å²) in [5.74, 6) is -0.945. The first-order chi connectivity index (χ1) is 12.4. The average molecular weight is 484 g/mol. The number of nitrogens with zero attached hydrogens (tertiary/aromatic N) is 1. The summed E-state index contributed by atoms with van der Waals surface area (Å²) in [4.78, 5) is 26.7. The summed E-state index contributed by atoms with van der Waals surface area (Å²) in [7, 11) is 0. The summed E-state index contributed by atoms with van der Waals surface area (Å²) in [5, 5.41) is 2.65. The van der Waals surface area contributed by atoms with Gasteiger partial charge in [-0.25, -0.2) is 4.39 Å². The fourth-order valence-corrected chi connectivity index (χ4v) is 3.54. The van der Waals surface area contributed by atoms with Crippen LogP contribution in [0.15, 0.2) is 51.4 Å². The van der Waals surface area contributed by atoms with Gasteiger partial charge in [-0.1, -0.05) is 31.9 Å². The normalized spacial score (nSPS) is 15.0. The predicted molar refractivity (Wildman–Crippen MR) is 105 cm³/mol. The van der Waals surface area contributed by atoms with Crippen molar-refractivity contribution in [1.29, 1.82) is 0 Å². The molecule has 1 N–H and O–H groups in total. The van der Waals surface area contributed by atoms with Crippen molar-refractivity contribution in [2.75, 3.05) is 18.4 Å². The van der Waals surface area contributed by atoms with E-state index in [1.54, 1.807) is 23.1 Å². The van der Waals surface area contributed by atoms with Gasteiger partial charge in [0.2, 0.25) is 5.91 Å². The smallest absolute Gasteiger partial charge is 0.253 e. The molecule has 0 aromatic heterocycles. The largest absolute Gasteiger partial charge is 0.339 e. The number of likely N-dealkylation sites (tertiary alicyclic amines) is 1. The second-order valence-corrected chi connectivity index (χ2v) is 8.02. The molecule has 26 heavy (non-hydrogen) atoms. The molecule has 0 aliphatic carbocycles. The molecule has 0 bridgehead atoms. The first-order valence-electron chi connectivity index (χ1n) is 8.25. The quantitative estimate of drug-likeness (QED) is 0.678. The van der Waals surface area contributed by atoms with Gasteiger partial charge in [0.15, 0.2) is 0 Å². The summed E-state index contributed by atoms with van der Waals surface area (Å²) < 4.78 is 15.4. The highest BCUT2D eigenvalue weighted by atomic mass is 79.9. The lowest BCUT2D eigenvalue weighted by molar-refractivity contribution is -0.121. The van der Waals surface area contributed by atoms with E-state index in [1.807, 2.05) is 12.1 Å². The SMILES string of the molecule is O=C(Nc1ccc(Br)cc1F)C1CCN(C(=O)c2ccc(Br)cc2)CC1. The molecule has 2 amide bonds. The van der Waals surface area contributed by atoms with Gasteiger partial charge in [-0.05, 0) is 55.3 Å². The number of rotatable bonds is 3. The van der Waals surface area contributed by atoms with Crippen LogP contribution in [0, 0.1) is 11.7 Å². The number of hydrogen-bond acceptors (Lipinski definition) is 2. The van der Waals surface area contributed by atoms with Gasteiger partial charge in [0.1, 0.15) is 5.82 Å². The Hall–Kier alpha value is -1.73. The molecule has 1 fully saturated rings. The molecule has 0 atom stereocenters. The molecular weight excluding hydrogens is 467 g/mol. The Morgan fingerprint density at radius 2 is 1.62 bits per heavy atom. The lowest BCUT2D eigenvalue weighted by atomic mass is 9.95. The highest BCUT2D eigenvalue weighted by Gasteiger charge is 2.28. The molecule has 0 saturated carbocycles. The average Bonchev–Trinajstić information content (AvgIpc) is 2.64. The summed E-state index contributed by atoms with van der Waals surface area (Å²) in [5.41, 5.74) is 0.805. The van der Waals surface area contributed by atoms with E-state index in [0.717, 1.165) is 4.47 Å². The lowest BCUT2D eigenvalue weighted by Crippen LogP contribution is -2.41. The van der Waals surface area contributed by atoms with Crippen molar-refractivity contribution >= 4 is 49.4 Å². The number of halogens is 3. The van der Waals surface area contributed by atoms with Gasteiger partial charge in [0.05, 0.1) is 5.69 Å². The number of benzene rings is 2. The van der Waals surface area contributed by atoms with Crippen LogP contribution in [0.4, 0.5) is 10.1 Å². The van der Waals surface area contributed by atoms with Crippen LogP contribution < -0.4 is 5.32 Å². The number of piperidine rings is 1. The van der Waals surface area contributed by atoms with Crippen molar-refractivity contribution in [2.45, 2.75) is 12.8 Å². The van der Waals surface area contributed by atoms with Crippen molar-refractivity contribution < 1.29 is 14.0 Å². The lowest BCUT2D eigenvalue weighted by Gasteiger charge is -2.31. The van der Waals surface area contributed by atoms with E-state index in [2.05, 4.69) is 37.2 Å². The fourth-order valence-electron chi connectivity index (χ4n) is 2.95. The molecule has 136 valence electrons. The van der Waals surface area contributed by atoms with E-state index >= 15 is 0 Å². The molecule has 2 aromatic rings. The number of hydrogen-bond donors (Lipinski definition) is 1. The zero-order chi connectivity index (χ0) is 18.7. The van der Waals surface area contributed by atoms with Gasteiger partial charge >= 0.3 is 0 Å². The Labute approximate surface area is 168 Å². The molecule has 7 heteroatoms. The van der Waals surface area contributed by atoms with Crippen molar-refractivity contribution in [2.24, 2.45) is 5.92 Å². The Kier molecular flexibility index (Phi) is 6.09. The van der Waals surface area contributed by atoms with Gasteiger partial charge in [-0.3, -0.25) is 9.59 Å². The molecule has 0 spiro atoms. The first kappa shape index (κ1) is 19.0. The number of nitrogens with one attached hydrogen (secondary N) is 1. The second-order valence-electron chi connectivity index (χ2n) is 6.19. The van der Waals surface area contributed by atoms with Gasteiger partial charge in [-0.15, -0.1) is 0 Å². The number of anilines is 1. The van der Waals surface area contributed by atoms with Gasteiger partial charge in [-0.2, -0.15) is 0 Å². The van der Waals surface area contributed by atoms with Crippen LogP contribution in [0.1, 0.15) is 23.2 Å². The molecule has 1 heterocycles. The Morgan fingerprint density at radius 3 is 2.23 bits per heavy atom. The van der Waals surface area contributed by atoms with Crippen LogP contribution in [-0.4, -0.2) is 29.8 Å². The highest BCUT2D eigenvalue weighted by Crippen LogP contribution is 2.24. The topological polar surface area (TPSA) is 49.4 Å². The van der Waals surface area contributed by atoms with Crippen LogP contribution in [0.3, 0.4) is 0 Å². The van der Waals surface area contributed by atoms with Gasteiger partial charge in [0.25, 0.3) is 5.91 Å². The molecule has 4 nitrogen and oxygen atoms in total. The molecule has 0 unspecified atom stereocenters. The summed E-state index contributed by atoms with van der Waals surface area (Å²) in [6.07, 6.45) is 1.12. The highest BCUT2D eigenvalue weighted by molar-refractivity contribution is 9.10. The van der Waals surface area contributed by atoms with Crippen LogP contribution >= 0.6 is 31.9 Å². The molecule has 1 aliphatic rings. The van der Waals surface area contributed by atoms with Gasteiger partial charge in [0, 0.05) is 33.5 Å². The van der Waals surface area contributed by atoms with E-state index in [9.17, 15) is 14.0 Å². The minimum Gasteiger partial charge on any atom is -0.339 e. The number of carbonyl (C=O) groups excluding carboxylic acids is 2. The van der Waals surface area contributed by atoms with Crippen LogP contribution in [0.2, 0.25) is 0 Å². The molecule has 1 aliphatic heterocycles. The summed E-state index contributed by atoms with van der Waals surface area (Å²) in [6.45, 7) is 1.02. The van der Waals surface area contributed by atoms with Crippen molar-refractivity contribution in [3.63, 3.8) is 0 Å². The van der Waals surface area contributed by atoms with E-state index in [4.69, 9.17) is 0 Å². The van der Waals surface area contributed by atoms with E-state index in [1.165, 1.54) is 12.1 Å². The Balaban J connectivity index is 1.56. The Bertz CT molecular complexity index is 819. The number of amides is 2. The van der Waals surface area contributed by atoms with Crippen molar-refractivity contribution in [1.82, 2.24) is 4.90 Å². The van der Waals surface area contributed by atoms with Crippen LogP contribution in [-0.2, 0) is 4.79 Å². The molecular formula is C19H17Br2FN2O2. The zero-order valence-corrected chi connectivity index (χ0v) is 17.0. The second kappa shape index (κ2) is 8.31. The first-order valence-corrected chi connectivity index (χ1v) is 9.83. The zero-order valence-electron chi connectivity index (χ0n) is 13.8. The van der Waals surface area contributed by atoms with E-state index in [-0.39, 0.29) is 23.4 Å². The van der Waals surface area contributed by atoms with E-state index in [0.29, 0.717) is 36.0 Å². The molecule has 0 radical (unpaired) electrons. The monoisotopic (exact) mass is 482 g/mol.